The smallest absolute Gasteiger partial charge is 0.346 e. The monoisotopic (exact) mass is 535 g/mol. The van der Waals surface area contributed by atoms with Crippen molar-refractivity contribution in [1.29, 1.82) is 0 Å². The van der Waals surface area contributed by atoms with Crippen LogP contribution in [-0.4, -0.2) is 48.1 Å². The van der Waals surface area contributed by atoms with Gasteiger partial charge in [0.25, 0.3) is 0 Å². The molecule has 1 amide bonds. The van der Waals surface area contributed by atoms with Crippen LogP contribution in [0.2, 0.25) is 0 Å². The molecule has 1 aromatic carbocycles. The summed E-state index contributed by atoms with van der Waals surface area (Å²) in [6.45, 7) is 11.8. The van der Waals surface area contributed by atoms with E-state index >= 15 is 0 Å². The van der Waals surface area contributed by atoms with Gasteiger partial charge in [0.1, 0.15) is 15.6 Å². The minimum atomic E-state index is -0.833. The summed E-state index contributed by atoms with van der Waals surface area (Å²) in [5, 5.41) is 0. The van der Waals surface area contributed by atoms with Gasteiger partial charge in [0.15, 0.2) is 0 Å². The number of anilines is 1. The van der Waals surface area contributed by atoms with Crippen molar-refractivity contribution in [2.45, 2.75) is 53.5 Å². The Morgan fingerprint density at radius 1 is 0.943 bits per heavy atom. The van der Waals surface area contributed by atoms with Crippen molar-refractivity contribution in [3.8, 4) is 5.75 Å². The van der Waals surface area contributed by atoms with E-state index in [2.05, 4.69) is 0 Å². The third kappa shape index (κ3) is 5.15. The van der Waals surface area contributed by atoms with Gasteiger partial charge in [0.2, 0.25) is 5.91 Å². The summed E-state index contributed by atoms with van der Waals surface area (Å²) in [4.78, 5) is 41.1. The third-order valence-corrected chi connectivity index (χ3v) is 8.67. The maximum absolute atomic E-state index is 13.1. The van der Waals surface area contributed by atoms with Crippen LogP contribution in [0.15, 0.2) is 32.2 Å². The second-order valence-electron chi connectivity index (χ2n) is 8.05. The highest BCUT2D eigenvalue weighted by Crippen LogP contribution is 2.56. The van der Waals surface area contributed by atoms with Crippen LogP contribution in [0.1, 0.15) is 53.5 Å². The Kier molecular flexibility index (Phi) is 8.72. The van der Waals surface area contributed by atoms with Gasteiger partial charge in [-0.25, -0.2) is 9.59 Å². The zero-order valence-corrected chi connectivity index (χ0v) is 23.1. The van der Waals surface area contributed by atoms with E-state index in [0.29, 0.717) is 39.1 Å². The van der Waals surface area contributed by atoms with Crippen molar-refractivity contribution in [2.24, 2.45) is 0 Å². The number of rotatable bonds is 7. The summed E-state index contributed by atoms with van der Waals surface area (Å²) in [7, 11) is 0. The van der Waals surface area contributed by atoms with E-state index in [1.54, 1.807) is 18.7 Å². The first-order valence-electron chi connectivity index (χ1n) is 11.5. The van der Waals surface area contributed by atoms with Crippen LogP contribution in [0.5, 0.6) is 5.75 Å². The van der Waals surface area contributed by atoms with Crippen molar-refractivity contribution in [2.75, 3.05) is 24.7 Å². The number of hydrogen-bond acceptors (Lipinski definition) is 9. The molecule has 188 valence electrons. The van der Waals surface area contributed by atoms with Gasteiger partial charge >= 0.3 is 11.9 Å². The lowest BCUT2D eigenvalue weighted by atomic mass is 9.83. The summed E-state index contributed by atoms with van der Waals surface area (Å²) in [6, 6.07) is 5.54. The van der Waals surface area contributed by atoms with Crippen molar-refractivity contribution in [3.05, 3.63) is 37.8 Å². The van der Waals surface area contributed by atoms with Crippen LogP contribution in [-0.2, 0) is 23.9 Å². The van der Waals surface area contributed by atoms with Crippen molar-refractivity contribution in [3.63, 3.8) is 0 Å². The molecule has 0 saturated carbocycles. The lowest BCUT2D eigenvalue weighted by Gasteiger charge is -2.45. The van der Waals surface area contributed by atoms with Crippen molar-refractivity contribution >= 4 is 69.7 Å². The number of thioether (sulfide) groups is 2. The van der Waals surface area contributed by atoms with Crippen LogP contribution < -0.4 is 9.64 Å². The lowest BCUT2D eigenvalue weighted by Crippen LogP contribution is -2.55. The van der Waals surface area contributed by atoms with Crippen LogP contribution in [0.25, 0.3) is 5.57 Å². The molecule has 3 rings (SSSR count). The molecule has 0 bridgehead atoms. The molecule has 1 aromatic rings. The van der Waals surface area contributed by atoms with Gasteiger partial charge in [0.05, 0.1) is 40.1 Å². The molecule has 2 aliphatic heterocycles. The topological polar surface area (TPSA) is 82.1 Å². The minimum Gasteiger partial charge on any atom is -0.494 e. The number of carbonyl (C=O) groups excluding carboxylic acids is 3. The first-order chi connectivity index (χ1) is 16.6. The third-order valence-electron chi connectivity index (χ3n) is 5.41. The van der Waals surface area contributed by atoms with Crippen LogP contribution in [0.3, 0.4) is 0 Å². The second-order valence-corrected chi connectivity index (χ2v) is 10.8. The van der Waals surface area contributed by atoms with Gasteiger partial charge in [-0.2, -0.15) is 0 Å². The summed E-state index contributed by atoms with van der Waals surface area (Å²) in [5.41, 5.74) is 1.29. The molecule has 0 saturated heterocycles. The predicted molar refractivity (Wildman–Crippen MR) is 144 cm³/mol. The molecule has 35 heavy (non-hydrogen) atoms. The normalized spacial score (nSPS) is 16.9. The van der Waals surface area contributed by atoms with E-state index in [0.717, 1.165) is 29.1 Å². The number of amides is 1. The maximum atomic E-state index is 13.1. The molecule has 0 atom stereocenters. The average Bonchev–Trinajstić information content (AvgIpc) is 3.25. The fourth-order valence-electron chi connectivity index (χ4n) is 3.87. The zero-order chi connectivity index (χ0) is 25.9. The molecule has 7 nitrogen and oxygen atoms in total. The molecule has 0 aromatic heterocycles. The van der Waals surface area contributed by atoms with E-state index in [4.69, 9.17) is 26.4 Å². The van der Waals surface area contributed by atoms with Crippen LogP contribution >= 0.6 is 35.7 Å². The maximum Gasteiger partial charge on any atom is 0.346 e. The SMILES string of the molecule is CCOC(=O)C1=C(C(=O)OCC)SC(=C2C(=S)C(C)(C)N(C(=O)CC)c3cc(OCC)ccc32)S1. The average molecular weight is 536 g/mol. The van der Waals surface area contributed by atoms with Crippen LogP contribution in [0.4, 0.5) is 5.69 Å². The summed E-state index contributed by atoms with van der Waals surface area (Å²) in [5.74, 6) is -0.600. The molecule has 0 radical (unpaired) electrons. The Morgan fingerprint density at radius 3 is 2.00 bits per heavy atom. The molecule has 0 unspecified atom stereocenters. The van der Waals surface area contributed by atoms with Gasteiger partial charge in [-0.1, -0.05) is 42.7 Å². The van der Waals surface area contributed by atoms with E-state index in [9.17, 15) is 14.4 Å². The number of fused-ring (bicyclic) bond motifs is 1. The molecular weight excluding hydrogens is 506 g/mol. The molecule has 0 fully saturated rings. The van der Waals surface area contributed by atoms with Gasteiger partial charge in [-0.15, -0.1) is 0 Å². The second kappa shape index (κ2) is 11.2. The standard InChI is InChI=1S/C25H29NO6S3/c1-7-17(27)26-16-13-14(30-8-2)11-12-15(16)18(21(33)25(26,5)6)24-34-19(22(28)31-9-3)20(35-24)23(29)32-10-4/h11-13H,7-10H2,1-6H3. The van der Waals surface area contributed by atoms with Crippen molar-refractivity contribution in [1.82, 2.24) is 0 Å². The Hall–Kier alpha value is -2.30. The number of esters is 2. The van der Waals surface area contributed by atoms with Gasteiger partial charge in [0, 0.05) is 23.6 Å². The summed E-state index contributed by atoms with van der Waals surface area (Å²) >= 11 is 8.26. The Bertz CT molecular complexity index is 1110. The van der Waals surface area contributed by atoms with Crippen molar-refractivity contribution < 1.29 is 28.6 Å². The minimum absolute atomic E-state index is 0.0689. The number of carbonyl (C=O) groups is 3. The number of thiocarbonyl (C=S) groups is 1. The lowest BCUT2D eigenvalue weighted by molar-refractivity contribution is -0.140. The number of benzene rings is 1. The number of ether oxygens (including phenoxy) is 3. The summed E-state index contributed by atoms with van der Waals surface area (Å²) < 4.78 is 16.8. The molecule has 2 aliphatic rings. The Labute approximate surface area is 219 Å². The molecule has 0 aliphatic carbocycles. The highest BCUT2D eigenvalue weighted by atomic mass is 32.2. The molecular formula is C25H29NO6S3. The number of hydrogen-bond donors (Lipinski definition) is 0. The number of nitrogens with zero attached hydrogens (tertiary/aromatic N) is 1. The van der Waals surface area contributed by atoms with Crippen LogP contribution in [0, 0.1) is 0 Å². The fraction of sp³-hybridized carbons (Fsp3) is 0.440. The Balaban J connectivity index is 2.23. The van der Waals surface area contributed by atoms with E-state index in [-0.39, 0.29) is 28.9 Å². The molecule has 10 heteroatoms. The van der Waals surface area contributed by atoms with Gasteiger partial charge < -0.3 is 19.1 Å². The molecule has 2 heterocycles. The quantitative estimate of drug-likeness (QED) is 0.256. The van der Waals surface area contributed by atoms with E-state index in [1.807, 2.05) is 45.9 Å². The highest BCUT2D eigenvalue weighted by molar-refractivity contribution is 8.29. The largest absolute Gasteiger partial charge is 0.494 e. The van der Waals surface area contributed by atoms with E-state index < -0.39 is 17.5 Å². The Morgan fingerprint density at radius 2 is 1.51 bits per heavy atom. The van der Waals surface area contributed by atoms with Gasteiger partial charge in [-0.05, 0) is 46.8 Å². The predicted octanol–water partition coefficient (Wildman–Crippen LogP) is 5.48. The fourth-order valence-corrected chi connectivity index (χ4v) is 6.85. The first kappa shape index (κ1) is 27.3. The molecule has 0 N–H and O–H groups in total. The first-order valence-corrected chi connectivity index (χ1v) is 13.5. The summed E-state index contributed by atoms with van der Waals surface area (Å²) in [6.07, 6.45) is 0.307. The van der Waals surface area contributed by atoms with E-state index in [1.165, 1.54) is 0 Å². The zero-order valence-electron chi connectivity index (χ0n) is 20.7. The molecule has 0 spiro atoms. The highest BCUT2D eigenvalue weighted by Gasteiger charge is 2.46. The van der Waals surface area contributed by atoms with Gasteiger partial charge in [-0.3, -0.25) is 4.79 Å².